The molecule has 1 aromatic carbocycles. The topological polar surface area (TPSA) is 190 Å². The van der Waals surface area contributed by atoms with E-state index in [0.717, 1.165) is 0 Å². The summed E-state index contributed by atoms with van der Waals surface area (Å²) >= 11 is 0. The van der Waals surface area contributed by atoms with Gasteiger partial charge in [0.1, 0.15) is 22.8 Å². The number of phenols is 1. The molecule has 7 N–H and O–H groups in total. The number of carbonyl (C=O) groups is 4. The number of Topliss-reactive ketones (excluding diaryl/α,β-unsaturated/α-hetero) is 3. The quantitative estimate of drug-likeness (QED) is 0.233. The van der Waals surface area contributed by atoms with Crippen LogP contribution in [0, 0.1) is 17.8 Å². The maximum absolute atomic E-state index is 13.7. The number of nitrogens with zero attached hydrogens (tertiary/aromatic N) is 1. The first-order valence-electron chi connectivity index (χ1n) is 12.4. The van der Waals surface area contributed by atoms with E-state index in [1.165, 1.54) is 6.92 Å². The molecular formula is C27H33N3O8. The van der Waals surface area contributed by atoms with Gasteiger partial charge in [-0.2, -0.15) is 0 Å². The highest BCUT2D eigenvalue weighted by Crippen LogP contribution is 2.54. The van der Waals surface area contributed by atoms with Crippen LogP contribution in [0.25, 0.3) is 5.76 Å². The molecule has 0 aliphatic heterocycles. The lowest BCUT2D eigenvalue weighted by Gasteiger charge is -2.46. The van der Waals surface area contributed by atoms with Crippen molar-refractivity contribution < 1.29 is 39.6 Å². The normalized spacial score (nSPS) is 25.6. The second-order valence-electron chi connectivity index (χ2n) is 10.9. The smallest absolute Gasteiger partial charge is 0.255 e. The second kappa shape index (κ2) is 9.16. The van der Waals surface area contributed by atoms with E-state index >= 15 is 0 Å². The number of anilines is 2. The molecule has 0 spiro atoms. The molecule has 3 aliphatic rings. The van der Waals surface area contributed by atoms with Crippen molar-refractivity contribution in [1.82, 2.24) is 0 Å². The highest BCUT2D eigenvalue weighted by molar-refractivity contribution is 6.22. The Hall–Kier alpha value is -3.86. The molecule has 204 valence electrons. The Morgan fingerprint density at radius 1 is 1.16 bits per heavy atom. The molecule has 0 heterocycles. The van der Waals surface area contributed by atoms with Crippen LogP contribution in [0.4, 0.5) is 11.4 Å². The number of aliphatic hydroxyl groups is 3. The molecule has 4 rings (SSSR count). The van der Waals surface area contributed by atoms with E-state index in [4.69, 9.17) is 5.73 Å². The summed E-state index contributed by atoms with van der Waals surface area (Å²) in [6.45, 7) is 5.12. The fraction of sp³-hybridized carbons (Fsp3) is 0.481. The molecule has 0 bridgehead atoms. The standard InChI is InChI=1S/C27H33N3O8/c1-10(2)21(11(3)31)29-15-9-16(30(4)5)14-7-12-6-13-8-17(32)20(26(28)37)25(36)27(13,38)24(35)18(12)23(34)19(14)22(15)33/h9-10,12-13,21,29,33-34,36,38H,6-8H2,1-5H3,(H2,28,37)/t12-,13+,21?,27+/m1/s1. The predicted octanol–water partition coefficient (Wildman–Crippen LogP) is 1.52. The first-order chi connectivity index (χ1) is 17.6. The van der Waals surface area contributed by atoms with Crippen molar-refractivity contribution in [2.45, 2.75) is 51.7 Å². The van der Waals surface area contributed by atoms with Gasteiger partial charge in [0.05, 0.1) is 17.3 Å². The number of aromatic hydroxyl groups is 1. The monoisotopic (exact) mass is 527 g/mol. The zero-order chi connectivity index (χ0) is 28.4. The Kier molecular flexibility index (Phi) is 6.55. The van der Waals surface area contributed by atoms with Gasteiger partial charge in [-0.15, -0.1) is 0 Å². The number of fused-ring (bicyclic) bond motifs is 3. The molecule has 11 heteroatoms. The molecule has 38 heavy (non-hydrogen) atoms. The van der Waals surface area contributed by atoms with E-state index in [9.17, 15) is 39.6 Å². The molecule has 11 nitrogen and oxygen atoms in total. The zero-order valence-electron chi connectivity index (χ0n) is 22.0. The minimum atomic E-state index is -2.62. The number of primary amides is 1. The number of rotatable bonds is 6. The number of hydrogen-bond donors (Lipinski definition) is 6. The number of hydrogen-bond acceptors (Lipinski definition) is 10. The summed E-state index contributed by atoms with van der Waals surface area (Å²) < 4.78 is 0. The summed E-state index contributed by atoms with van der Waals surface area (Å²) in [6, 6.07) is 1.04. The molecule has 1 amide bonds. The minimum absolute atomic E-state index is 0.0307. The molecule has 0 saturated heterocycles. The average Bonchev–Trinajstić information content (AvgIpc) is 2.79. The van der Waals surface area contributed by atoms with Gasteiger partial charge < -0.3 is 36.4 Å². The maximum atomic E-state index is 13.7. The van der Waals surface area contributed by atoms with Crippen LogP contribution < -0.4 is 16.0 Å². The zero-order valence-corrected chi connectivity index (χ0v) is 22.0. The van der Waals surface area contributed by atoms with Gasteiger partial charge in [-0.1, -0.05) is 13.8 Å². The lowest BCUT2D eigenvalue weighted by atomic mass is 9.59. The van der Waals surface area contributed by atoms with E-state index in [0.29, 0.717) is 11.3 Å². The number of phenolic OH excluding ortho intramolecular Hbond substituents is 1. The van der Waals surface area contributed by atoms with Gasteiger partial charge in [0, 0.05) is 37.7 Å². The largest absolute Gasteiger partial charge is 0.508 e. The molecule has 1 aromatic rings. The summed E-state index contributed by atoms with van der Waals surface area (Å²) in [5.41, 5.74) is 2.88. The van der Waals surface area contributed by atoms with E-state index in [1.54, 1.807) is 25.1 Å². The molecular weight excluding hydrogens is 494 g/mol. The summed E-state index contributed by atoms with van der Waals surface area (Å²) in [6.07, 6.45) is -0.134. The van der Waals surface area contributed by atoms with Crippen LogP contribution in [-0.2, 0) is 25.6 Å². The predicted molar refractivity (Wildman–Crippen MR) is 139 cm³/mol. The number of nitrogens with two attached hydrogens (primary N) is 1. The molecule has 1 fully saturated rings. The van der Waals surface area contributed by atoms with Gasteiger partial charge in [-0.05, 0) is 43.2 Å². The van der Waals surface area contributed by atoms with Crippen molar-refractivity contribution in [2.24, 2.45) is 23.5 Å². The molecule has 0 radical (unpaired) electrons. The number of aliphatic hydroxyl groups excluding tert-OH is 2. The minimum Gasteiger partial charge on any atom is -0.508 e. The van der Waals surface area contributed by atoms with Crippen LogP contribution in [0.5, 0.6) is 5.75 Å². The van der Waals surface area contributed by atoms with Crippen LogP contribution in [0.2, 0.25) is 0 Å². The number of carbonyl (C=O) groups excluding carboxylic acids is 4. The Balaban J connectivity index is 1.93. The van der Waals surface area contributed by atoms with E-state index in [-0.39, 0.29) is 53.5 Å². The third kappa shape index (κ3) is 3.84. The number of ketones is 3. The second-order valence-corrected chi connectivity index (χ2v) is 10.9. The van der Waals surface area contributed by atoms with Crippen LogP contribution >= 0.6 is 0 Å². The first-order valence-corrected chi connectivity index (χ1v) is 12.4. The lowest BCUT2D eigenvalue weighted by molar-refractivity contribution is -0.147. The molecule has 4 atom stereocenters. The molecule has 3 aliphatic carbocycles. The SMILES string of the molecule is CC(=O)C(Nc1cc(N(C)C)c2c(c1O)C(O)=C1C(=O)[C@]3(O)C(O)=C(C(N)=O)C(=O)C[C@@H]3C[C@@H]1C2)C(C)C. The fourth-order valence-electron chi connectivity index (χ4n) is 6.08. The van der Waals surface area contributed by atoms with Crippen molar-refractivity contribution in [3.05, 3.63) is 34.1 Å². The van der Waals surface area contributed by atoms with Crippen LogP contribution in [0.1, 0.15) is 44.7 Å². The van der Waals surface area contributed by atoms with Crippen LogP contribution in [0.15, 0.2) is 23.0 Å². The third-order valence-electron chi connectivity index (χ3n) is 7.94. The van der Waals surface area contributed by atoms with Gasteiger partial charge in [-0.25, -0.2) is 0 Å². The van der Waals surface area contributed by atoms with Crippen molar-refractivity contribution in [3.63, 3.8) is 0 Å². The van der Waals surface area contributed by atoms with Gasteiger partial charge >= 0.3 is 0 Å². The highest BCUT2D eigenvalue weighted by atomic mass is 16.3. The number of nitrogens with one attached hydrogen (secondary N) is 1. The Bertz CT molecular complexity index is 1340. The van der Waals surface area contributed by atoms with Gasteiger partial charge in [0.25, 0.3) is 5.91 Å². The third-order valence-corrected chi connectivity index (χ3v) is 7.94. The number of benzene rings is 1. The Morgan fingerprint density at radius 2 is 1.79 bits per heavy atom. The van der Waals surface area contributed by atoms with Gasteiger partial charge in [-0.3, -0.25) is 19.2 Å². The summed E-state index contributed by atoms with van der Waals surface area (Å²) in [4.78, 5) is 52.0. The van der Waals surface area contributed by atoms with Crippen LogP contribution in [0.3, 0.4) is 0 Å². The van der Waals surface area contributed by atoms with E-state index in [1.807, 2.05) is 13.8 Å². The summed E-state index contributed by atoms with van der Waals surface area (Å²) in [5, 5.41) is 47.9. The number of amides is 1. The van der Waals surface area contributed by atoms with E-state index < -0.39 is 58.0 Å². The lowest BCUT2D eigenvalue weighted by Crippen LogP contribution is -2.58. The van der Waals surface area contributed by atoms with Crippen molar-refractivity contribution in [3.8, 4) is 5.75 Å². The summed E-state index contributed by atoms with van der Waals surface area (Å²) in [5.74, 6) is -7.09. The first kappa shape index (κ1) is 27.2. The maximum Gasteiger partial charge on any atom is 0.255 e. The Labute approximate surface area is 219 Å². The van der Waals surface area contributed by atoms with Crippen molar-refractivity contribution in [1.29, 1.82) is 0 Å². The van der Waals surface area contributed by atoms with E-state index in [2.05, 4.69) is 5.32 Å². The fourth-order valence-corrected chi connectivity index (χ4v) is 6.08. The van der Waals surface area contributed by atoms with Crippen molar-refractivity contribution in [2.75, 3.05) is 24.3 Å². The van der Waals surface area contributed by atoms with Crippen molar-refractivity contribution >= 4 is 40.4 Å². The van der Waals surface area contributed by atoms with Gasteiger partial charge in [0.15, 0.2) is 17.2 Å². The van der Waals surface area contributed by atoms with Crippen LogP contribution in [-0.4, -0.2) is 69.4 Å². The molecule has 1 unspecified atom stereocenters. The van der Waals surface area contributed by atoms with Gasteiger partial charge in [0.2, 0.25) is 5.78 Å². The summed E-state index contributed by atoms with van der Waals surface area (Å²) in [7, 11) is 3.55. The molecule has 0 aromatic heterocycles. The highest BCUT2D eigenvalue weighted by Gasteiger charge is 2.60. The average molecular weight is 528 g/mol. The molecule has 1 saturated carbocycles. The Morgan fingerprint density at radius 3 is 2.32 bits per heavy atom.